The van der Waals surface area contributed by atoms with E-state index in [1.807, 2.05) is 6.92 Å². The minimum Gasteiger partial charge on any atom is -0.507 e. The van der Waals surface area contributed by atoms with E-state index in [9.17, 15) is 9.90 Å². The molecule has 0 atom stereocenters. The van der Waals surface area contributed by atoms with E-state index in [0.717, 1.165) is 18.5 Å². The summed E-state index contributed by atoms with van der Waals surface area (Å²) >= 11 is 1.49. The number of nitrogens with zero attached hydrogens (tertiary/aromatic N) is 1. The number of para-hydroxylation sites is 1. The Morgan fingerprint density at radius 2 is 2.16 bits per heavy atom. The molecule has 0 unspecified atom stereocenters. The van der Waals surface area contributed by atoms with Crippen molar-refractivity contribution < 1.29 is 9.90 Å². The molecule has 0 spiro atoms. The molecule has 0 aliphatic rings. The van der Waals surface area contributed by atoms with E-state index in [1.165, 1.54) is 22.3 Å². The van der Waals surface area contributed by atoms with Gasteiger partial charge in [-0.05, 0) is 25.5 Å². The lowest BCUT2D eigenvalue weighted by atomic mass is 10.2. The summed E-state index contributed by atoms with van der Waals surface area (Å²) in [5.41, 5.74) is 1.21. The Kier molecular flexibility index (Phi) is 4.16. The number of thiazole rings is 1. The zero-order valence-electron chi connectivity index (χ0n) is 10.9. The summed E-state index contributed by atoms with van der Waals surface area (Å²) < 4.78 is 0. The standard InChI is InChI=1S/C14H16N2O2S/c1-3-6-12-9(2)15-14(19-12)16-13(18)10-7-4-5-8-11(10)17/h4-5,7-8,17H,3,6H2,1-2H3,(H,15,16,18). The molecule has 4 nitrogen and oxygen atoms in total. The van der Waals surface area contributed by atoms with Crippen molar-refractivity contribution in [2.75, 3.05) is 5.32 Å². The number of hydrogen-bond donors (Lipinski definition) is 2. The number of aryl methyl sites for hydroxylation is 2. The summed E-state index contributed by atoms with van der Waals surface area (Å²) in [5, 5.41) is 12.9. The molecule has 0 aliphatic heterocycles. The number of benzene rings is 1. The molecule has 0 saturated carbocycles. The van der Waals surface area contributed by atoms with Crippen molar-refractivity contribution in [3.63, 3.8) is 0 Å². The highest BCUT2D eigenvalue weighted by molar-refractivity contribution is 7.15. The number of nitrogens with one attached hydrogen (secondary N) is 1. The smallest absolute Gasteiger partial charge is 0.261 e. The van der Waals surface area contributed by atoms with Gasteiger partial charge in [0.25, 0.3) is 5.91 Å². The molecule has 100 valence electrons. The maximum Gasteiger partial charge on any atom is 0.261 e. The summed E-state index contributed by atoms with van der Waals surface area (Å²) in [5.74, 6) is -0.364. The van der Waals surface area contributed by atoms with Gasteiger partial charge < -0.3 is 5.11 Å². The van der Waals surface area contributed by atoms with Crippen molar-refractivity contribution >= 4 is 22.4 Å². The summed E-state index contributed by atoms with van der Waals surface area (Å²) in [6, 6.07) is 6.46. The first-order valence-corrected chi connectivity index (χ1v) is 6.99. The number of anilines is 1. The number of aromatic nitrogens is 1. The van der Waals surface area contributed by atoms with Crippen molar-refractivity contribution in [3.8, 4) is 5.75 Å². The zero-order chi connectivity index (χ0) is 13.8. The van der Waals surface area contributed by atoms with Crippen LogP contribution in [0.4, 0.5) is 5.13 Å². The molecule has 0 saturated heterocycles. The predicted octanol–water partition coefficient (Wildman–Crippen LogP) is 3.36. The van der Waals surface area contributed by atoms with Gasteiger partial charge >= 0.3 is 0 Å². The third-order valence-corrected chi connectivity index (χ3v) is 3.87. The average molecular weight is 276 g/mol. The first-order valence-electron chi connectivity index (χ1n) is 6.17. The number of carbonyl (C=O) groups is 1. The van der Waals surface area contributed by atoms with Crippen LogP contribution in [-0.4, -0.2) is 16.0 Å². The molecule has 1 aromatic carbocycles. The molecule has 1 heterocycles. The van der Waals surface area contributed by atoms with Crippen LogP contribution in [0.25, 0.3) is 0 Å². The van der Waals surface area contributed by atoms with E-state index < -0.39 is 0 Å². The molecule has 0 radical (unpaired) electrons. The van der Waals surface area contributed by atoms with Gasteiger partial charge in [0.15, 0.2) is 5.13 Å². The largest absolute Gasteiger partial charge is 0.507 e. The highest BCUT2D eigenvalue weighted by Gasteiger charge is 2.13. The number of carbonyl (C=O) groups excluding carboxylic acids is 1. The van der Waals surface area contributed by atoms with Crippen molar-refractivity contribution in [1.82, 2.24) is 4.98 Å². The Morgan fingerprint density at radius 1 is 1.42 bits per heavy atom. The number of phenolic OH excluding ortho intramolecular Hbond substituents is 1. The number of amides is 1. The fraction of sp³-hybridized carbons (Fsp3) is 0.286. The van der Waals surface area contributed by atoms with Crippen LogP contribution in [0.1, 0.15) is 34.3 Å². The van der Waals surface area contributed by atoms with Crippen LogP contribution >= 0.6 is 11.3 Å². The van der Waals surface area contributed by atoms with Crippen LogP contribution in [0.15, 0.2) is 24.3 Å². The van der Waals surface area contributed by atoms with Gasteiger partial charge in [-0.1, -0.05) is 25.5 Å². The van der Waals surface area contributed by atoms with Crippen LogP contribution in [-0.2, 0) is 6.42 Å². The van der Waals surface area contributed by atoms with E-state index in [0.29, 0.717) is 5.13 Å². The Labute approximate surface area is 116 Å². The van der Waals surface area contributed by atoms with Gasteiger partial charge in [0.2, 0.25) is 0 Å². The van der Waals surface area contributed by atoms with Crippen molar-refractivity contribution in [2.45, 2.75) is 26.7 Å². The molecule has 0 fully saturated rings. The van der Waals surface area contributed by atoms with Gasteiger partial charge in [0.05, 0.1) is 11.3 Å². The SMILES string of the molecule is CCCc1sc(NC(=O)c2ccccc2O)nc1C. The van der Waals surface area contributed by atoms with Crippen LogP contribution < -0.4 is 5.32 Å². The topological polar surface area (TPSA) is 62.2 Å². The van der Waals surface area contributed by atoms with E-state index in [1.54, 1.807) is 18.2 Å². The van der Waals surface area contributed by atoms with Crippen molar-refractivity contribution in [1.29, 1.82) is 0 Å². The molecule has 2 rings (SSSR count). The molecular formula is C14H16N2O2S. The first kappa shape index (κ1) is 13.5. The lowest BCUT2D eigenvalue weighted by Crippen LogP contribution is -2.11. The predicted molar refractivity (Wildman–Crippen MR) is 76.9 cm³/mol. The number of rotatable bonds is 4. The molecule has 2 N–H and O–H groups in total. The third-order valence-electron chi connectivity index (χ3n) is 2.74. The quantitative estimate of drug-likeness (QED) is 0.900. The molecule has 0 aliphatic carbocycles. The van der Waals surface area contributed by atoms with Gasteiger partial charge in [-0.3, -0.25) is 10.1 Å². The van der Waals surface area contributed by atoms with E-state index >= 15 is 0 Å². The van der Waals surface area contributed by atoms with Gasteiger partial charge in [-0.25, -0.2) is 4.98 Å². The second-order valence-electron chi connectivity index (χ2n) is 4.25. The summed E-state index contributed by atoms with van der Waals surface area (Å²) in [6.45, 7) is 4.05. The normalized spacial score (nSPS) is 10.4. The summed E-state index contributed by atoms with van der Waals surface area (Å²) in [7, 11) is 0. The highest BCUT2D eigenvalue weighted by atomic mass is 32.1. The van der Waals surface area contributed by atoms with Crippen LogP contribution in [0.3, 0.4) is 0 Å². The molecular weight excluding hydrogens is 260 g/mol. The maximum absolute atomic E-state index is 12.0. The van der Waals surface area contributed by atoms with Crippen LogP contribution in [0.2, 0.25) is 0 Å². The van der Waals surface area contributed by atoms with Gasteiger partial charge in [0, 0.05) is 4.88 Å². The average Bonchev–Trinajstić information content (AvgIpc) is 2.70. The fourth-order valence-corrected chi connectivity index (χ4v) is 2.83. The number of aromatic hydroxyl groups is 1. The monoisotopic (exact) mass is 276 g/mol. The van der Waals surface area contributed by atoms with Crippen molar-refractivity contribution in [3.05, 3.63) is 40.4 Å². The fourth-order valence-electron chi connectivity index (χ4n) is 1.77. The van der Waals surface area contributed by atoms with E-state index in [-0.39, 0.29) is 17.2 Å². The molecule has 1 aromatic heterocycles. The van der Waals surface area contributed by atoms with Gasteiger partial charge in [-0.15, -0.1) is 11.3 Å². The molecule has 0 bridgehead atoms. The van der Waals surface area contributed by atoms with Crippen LogP contribution in [0.5, 0.6) is 5.75 Å². The lowest BCUT2D eigenvalue weighted by molar-refractivity contribution is 0.102. The highest BCUT2D eigenvalue weighted by Crippen LogP contribution is 2.25. The van der Waals surface area contributed by atoms with E-state index in [2.05, 4.69) is 17.2 Å². The van der Waals surface area contributed by atoms with Gasteiger partial charge in [0.1, 0.15) is 5.75 Å². The zero-order valence-corrected chi connectivity index (χ0v) is 11.8. The molecule has 5 heteroatoms. The minimum absolute atomic E-state index is 0.0259. The maximum atomic E-state index is 12.0. The lowest BCUT2D eigenvalue weighted by Gasteiger charge is -2.03. The van der Waals surface area contributed by atoms with E-state index in [4.69, 9.17) is 0 Å². The Bertz CT molecular complexity index is 593. The minimum atomic E-state index is -0.338. The number of hydrogen-bond acceptors (Lipinski definition) is 4. The number of phenols is 1. The van der Waals surface area contributed by atoms with Gasteiger partial charge in [-0.2, -0.15) is 0 Å². The third kappa shape index (κ3) is 3.12. The molecule has 2 aromatic rings. The molecule has 19 heavy (non-hydrogen) atoms. The molecule has 1 amide bonds. The first-order chi connectivity index (χ1) is 9.11. The second kappa shape index (κ2) is 5.84. The van der Waals surface area contributed by atoms with Crippen LogP contribution in [0, 0.1) is 6.92 Å². The van der Waals surface area contributed by atoms with Crippen molar-refractivity contribution in [2.24, 2.45) is 0 Å². The summed E-state index contributed by atoms with van der Waals surface area (Å²) in [6.07, 6.45) is 2.02. The second-order valence-corrected chi connectivity index (χ2v) is 5.33. The Hall–Kier alpha value is -1.88. The summed E-state index contributed by atoms with van der Waals surface area (Å²) in [4.78, 5) is 17.5. The Morgan fingerprint density at radius 3 is 2.84 bits per heavy atom. The Balaban J connectivity index is 2.15.